The summed E-state index contributed by atoms with van der Waals surface area (Å²) < 4.78 is 0. The Morgan fingerprint density at radius 3 is 2.33 bits per heavy atom. The summed E-state index contributed by atoms with van der Waals surface area (Å²) in [6.07, 6.45) is 5.18. The summed E-state index contributed by atoms with van der Waals surface area (Å²) in [7, 11) is 0. The molecule has 21 heavy (non-hydrogen) atoms. The Kier molecular flexibility index (Phi) is 4.99. The number of carboxylic acid groups (broad SMARTS) is 1. The van der Waals surface area contributed by atoms with Crippen LogP contribution in [0.4, 0.5) is 5.69 Å². The summed E-state index contributed by atoms with van der Waals surface area (Å²) in [5, 5.41) is 12.2. The SMILES string of the molecule is CCCc1ccc(NC(=O)CC2(C(=O)O)CCCC2)cc1. The zero-order valence-electron chi connectivity index (χ0n) is 12.5. The van der Waals surface area contributed by atoms with E-state index >= 15 is 0 Å². The molecule has 1 saturated carbocycles. The van der Waals surface area contributed by atoms with Crippen LogP contribution in [0.25, 0.3) is 0 Å². The van der Waals surface area contributed by atoms with Crippen LogP contribution in [0.3, 0.4) is 0 Å². The third kappa shape index (κ3) is 3.84. The smallest absolute Gasteiger partial charge is 0.310 e. The van der Waals surface area contributed by atoms with E-state index in [4.69, 9.17) is 0 Å². The maximum Gasteiger partial charge on any atom is 0.310 e. The molecule has 0 unspecified atom stereocenters. The Labute approximate surface area is 125 Å². The maximum absolute atomic E-state index is 12.1. The normalized spacial score (nSPS) is 16.6. The minimum Gasteiger partial charge on any atom is -0.481 e. The van der Waals surface area contributed by atoms with Crippen molar-refractivity contribution < 1.29 is 14.7 Å². The Balaban J connectivity index is 1.96. The molecular weight excluding hydrogens is 266 g/mol. The van der Waals surface area contributed by atoms with Gasteiger partial charge in [-0.05, 0) is 37.0 Å². The fourth-order valence-electron chi connectivity index (χ4n) is 3.07. The van der Waals surface area contributed by atoms with Gasteiger partial charge in [0.2, 0.25) is 5.91 Å². The summed E-state index contributed by atoms with van der Waals surface area (Å²) in [6, 6.07) is 7.76. The first-order chi connectivity index (χ1) is 10.1. The first kappa shape index (κ1) is 15.5. The van der Waals surface area contributed by atoms with Crippen LogP contribution in [-0.4, -0.2) is 17.0 Å². The number of hydrogen-bond acceptors (Lipinski definition) is 2. The Morgan fingerprint density at radius 2 is 1.81 bits per heavy atom. The molecule has 1 aromatic carbocycles. The zero-order valence-corrected chi connectivity index (χ0v) is 12.5. The summed E-state index contributed by atoms with van der Waals surface area (Å²) >= 11 is 0. The number of rotatable bonds is 6. The molecular formula is C17H23NO3. The Bertz CT molecular complexity index is 501. The van der Waals surface area contributed by atoms with E-state index in [-0.39, 0.29) is 12.3 Å². The molecule has 1 aliphatic rings. The lowest BCUT2D eigenvalue weighted by atomic mass is 9.82. The van der Waals surface area contributed by atoms with Crippen molar-refractivity contribution in [2.75, 3.05) is 5.32 Å². The minimum atomic E-state index is -0.855. The molecule has 0 radical (unpaired) electrons. The van der Waals surface area contributed by atoms with Crippen molar-refractivity contribution in [3.05, 3.63) is 29.8 Å². The highest BCUT2D eigenvalue weighted by atomic mass is 16.4. The van der Waals surface area contributed by atoms with Crippen LogP contribution in [0.5, 0.6) is 0 Å². The number of aliphatic carboxylic acids is 1. The summed E-state index contributed by atoms with van der Waals surface area (Å²) in [6.45, 7) is 2.13. The number of carboxylic acids is 1. The van der Waals surface area contributed by atoms with Crippen molar-refractivity contribution in [2.45, 2.75) is 51.9 Å². The second-order valence-corrected chi connectivity index (χ2v) is 5.96. The number of hydrogen-bond donors (Lipinski definition) is 2. The van der Waals surface area contributed by atoms with Crippen molar-refractivity contribution in [3.63, 3.8) is 0 Å². The number of aryl methyl sites for hydroxylation is 1. The van der Waals surface area contributed by atoms with Crippen LogP contribution < -0.4 is 5.32 Å². The van der Waals surface area contributed by atoms with E-state index in [9.17, 15) is 14.7 Å². The van der Waals surface area contributed by atoms with Gasteiger partial charge in [0.05, 0.1) is 5.41 Å². The Hall–Kier alpha value is -1.84. The number of amides is 1. The average molecular weight is 289 g/mol. The number of carbonyl (C=O) groups is 2. The van der Waals surface area contributed by atoms with E-state index in [2.05, 4.69) is 12.2 Å². The highest BCUT2D eigenvalue weighted by molar-refractivity contribution is 5.94. The van der Waals surface area contributed by atoms with Gasteiger partial charge in [-0.1, -0.05) is 38.3 Å². The van der Waals surface area contributed by atoms with Crippen LogP contribution in [0, 0.1) is 5.41 Å². The van der Waals surface area contributed by atoms with E-state index in [0.29, 0.717) is 12.8 Å². The van der Waals surface area contributed by atoms with E-state index in [1.165, 1.54) is 5.56 Å². The number of anilines is 1. The molecule has 1 fully saturated rings. The molecule has 2 N–H and O–H groups in total. The van der Waals surface area contributed by atoms with Crippen LogP contribution in [-0.2, 0) is 16.0 Å². The molecule has 114 valence electrons. The summed E-state index contributed by atoms with van der Waals surface area (Å²) in [5.41, 5.74) is 1.12. The summed E-state index contributed by atoms with van der Waals surface area (Å²) in [4.78, 5) is 23.6. The van der Waals surface area contributed by atoms with Gasteiger partial charge in [0.25, 0.3) is 0 Å². The van der Waals surface area contributed by atoms with Gasteiger partial charge >= 0.3 is 5.97 Å². The highest BCUT2D eigenvalue weighted by Crippen LogP contribution is 2.41. The summed E-state index contributed by atoms with van der Waals surface area (Å²) in [5.74, 6) is -1.05. The molecule has 1 aromatic rings. The molecule has 0 aromatic heterocycles. The molecule has 0 saturated heterocycles. The molecule has 2 rings (SSSR count). The predicted molar refractivity (Wildman–Crippen MR) is 82.2 cm³/mol. The van der Waals surface area contributed by atoms with Gasteiger partial charge in [-0.15, -0.1) is 0 Å². The first-order valence-electron chi connectivity index (χ1n) is 7.68. The average Bonchev–Trinajstić information content (AvgIpc) is 2.91. The van der Waals surface area contributed by atoms with E-state index in [1.807, 2.05) is 24.3 Å². The van der Waals surface area contributed by atoms with Gasteiger partial charge in [0, 0.05) is 12.1 Å². The van der Waals surface area contributed by atoms with Crippen molar-refractivity contribution in [1.29, 1.82) is 0 Å². The van der Waals surface area contributed by atoms with Gasteiger partial charge in [-0.25, -0.2) is 0 Å². The van der Waals surface area contributed by atoms with Crippen LogP contribution in [0.1, 0.15) is 51.0 Å². The molecule has 0 bridgehead atoms. The van der Waals surface area contributed by atoms with Gasteiger partial charge in [0.1, 0.15) is 0 Å². The van der Waals surface area contributed by atoms with Gasteiger partial charge < -0.3 is 10.4 Å². The molecule has 1 amide bonds. The fourth-order valence-corrected chi connectivity index (χ4v) is 3.07. The molecule has 0 heterocycles. The van der Waals surface area contributed by atoms with E-state index < -0.39 is 11.4 Å². The van der Waals surface area contributed by atoms with E-state index in [1.54, 1.807) is 0 Å². The van der Waals surface area contributed by atoms with Crippen molar-refractivity contribution >= 4 is 17.6 Å². The number of benzene rings is 1. The van der Waals surface area contributed by atoms with Crippen LogP contribution >= 0.6 is 0 Å². The highest BCUT2D eigenvalue weighted by Gasteiger charge is 2.42. The van der Waals surface area contributed by atoms with Crippen LogP contribution in [0.15, 0.2) is 24.3 Å². The van der Waals surface area contributed by atoms with Gasteiger partial charge in [-0.3, -0.25) is 9.59 Å². The predicted octanol–water partition coefficient (Wildman–Crippen LogP) is 3.61. The van der Waals surface area contributed by atoms with Gasteiger partial charge in [-0.2, -0.15) is 0 Å². The monoisotopic (exact) mass is 289 g/mol. The van der Waals surface area contributed by atoms with Crippen molar-refractivity contribution in [2.24, 2.45) is 5.41 Å². The number of nitrogens with one attached hydrogen (secondary N) is 1. The molecule has 4 nitrogen and oxygen atoms in total. The fraction of sp³-hybridized carbons (Fsp3) is 0.529. The van der Waals surface area contributed by atoms with E-state index in [0.717, 1.165) is 31.4 Å². The van der Waals surface area contributed by atoms with Crippen LogP contribution in [0.2, 0.25) is 0 Å². The lowest BCUT2D eigenvalue weighted by Gasteiger charge is -2.22. The standard InChI is InChI=1S/C17H23NO3/c1-2-5-13-6-8-14(9-7-13)18-15(19)12-17(16(20)21)10-3-4-11-17/h6-9H,2-5,10-12H2,1H3,(H,18,19)(H,20,21). The quantitative estimate of drug-likeness (QED) is 0.840. The Morgan fingerprint density at radius 1 is 1.19 bits per heavy atom. The second kappa shape index (κ2) is 6.74. The molecule has 0 spiro atoms. The minimum absolute atomic E-state index is 0.0685. The molecule has 0 atom stereocenters. The van der Waals surface area contributed by atoms with Crippen molar-refractivity contribution in [1.82, 2.24) is 0 Å². The van der Waals surface area contributed by atoms with Gasteiger partial charge in [0.15, 0.2) is 0 Å². The largest absolute Gasteiger partial charge is 0.481 e. The lowest BCUT2D eigenvalue weighted by Crippen LogP contribution is -2.32. The third-order valence-corrected chi connectivity index (χ3v) is 4.29. The topological polar surface area (TPSA) is 66.4 Å². The first-order valence-corrected chi connectivity index (χ1v) is 7.68. The zero-order chi connectivity index (χ0) is 15.3. The molecule has 4 heteroatoms. The number of carbonyl (C=O) groups excluding carboxylic acids is 1. The lowest BCUT2D eigenvalue weighted by molar-refractivity contribution is -0.150. The molecule has 0 aliphatic heterocycles. The van der Waals surface area contributed by atoms with Crippen molar-refractivity contribution in [3.8, 4) is 0 Å². The second-order valence-electron chi connectivity index (χ2n) is 5.96. The third-order valence-electron chi connectivity index (χ3n) is 4.29. The maximum atomic E-state index is 12.1. The molecule has 1 aliphatic carbocycles.